The van der Waals surface area contributed by atoms with Crippen LogP contribution in [0.2, 0.25) is 18.1 Å². The van der Waals surface area contributed by atoms with Gasteiger partial charge >= 0.3 is 0 Å². The zero-order chi connectivity index (χ0) is 15.3. The zero-order valence-electron chi connectivity index (χ0n) is 13.9. The molecule has 4 atom stereocenters. The number of fused-ring (bicyclic) bond motifs is 1. The van der Waals surface area contributed by atoms with Gasteiger partial charge in [-0.05, 0) is 38.4 Å². The minimum atomic E-state index is -1.75. The number of ether oxygens (including phenoxy) is 2. The molecule has 1 heterocycles. The first-order valence-electron chi connectivity index (χ1n) is 7.61. The number of aliphatic hydroxyl groups is 1. The Morgan fingerprint density at radius 3 is 2.30 bits per heavy atom. The Bertz CT molecular complexity index is 361. The molecule has 1 saturated carbocycles. The molecule has 2 rings (SSSR count). The van der Waals surface area contributed by atoms with E-state index < -0.39 is 20.2 Å². The van der Waals surface area contributed by atoms with Crippen LogP contribution in [0.4, 0.5) is 0 Å². The fraction of sp³-hybridized carbons (Fsp3) is 1.00. The lowest BCUT2D eigenvalue weighted by Crippen LogP contribution is -2.43. The van der Waals surface area contributed by atoms with Crippen molar-refractivity contribution < 1.29 is 19.0 Å². The van der Waals surface area contributed by atoms with Crippen LogP contribution in [-0.4, -0.2) is 44.1 Å². The van der Waals surface area contributed by atoms with E-state index in [1.165, 1.54) is 0 Å². The summed E-state index contributed by atoms with van der Waals surface area (Å²) in [4.78, 5) is 0. The maximum atomic E-state index is 10.1. The van der Waals surface area contributed by atoms with Crippen LogP contribution in [0.15, 0.2) is 0 Å². The van der Waals surface area contributed by atoms with Crippen molar-refractivity contribution in [3.8, 4) is 0 Å². The fourth-order valence-electron chi connectivity index (χ4n) is 2.75. The predicted octanol–water partition coefficient (Wildman–Crippen LogP) is 2.91. The maximum Gasteiger partial charge on any atom is 0.191 e. The molecule has 1 N–H and O–H groups in total. The highest BCUT2D eigenvalue weighted by Gasteiger charge is 2.54. The van der Waals surface area contributed by atoms with Crippen LogP contribution in [-0.2, 0) is 13.9 Å². The lowest BCUT2D eigenvalue weighted by atomic mass is 10.1. The standard InChI is InChI=1S/C15H30O4Si/c1-14(2,3)20(6,7)17-9-10-8-11(16)13-12(10)18-15(4,5)19-13/h10-13,16H,8-9H2,1-7H3/t10-,11?,12+,13-/m1/s1. The monoisotopic (exact) mass is 302 g/mol. The second-order valence-electron chi connectivity index (χ2n) is 8.20. The second kappa shape index (κ2) is 5.06. The highest BCUT2D eigenvalue weighted by atomic mass is 28.4. The van der Waals surface area contributed by atoms with Gasteiger partial charge in [0, 0.05) is 12.5 Å². The molecule has 20 heavy (non-hydrogen) atoms. The second-order valence-corrected chi connectivity index (χ2v) is 13.0. The molecular formula is C15H30O4Si. The Hall–Kier alpha value is 0.0569. The van der Waals surface area contributed by atoms with Crippen LogP contribution in [0.25, 0.3) is 0 Å². The topological polar surface area (TPSA) is 47.9 Å². The SMILES string of the molecule is CC1(C)O[C@H]2[C@@H](CO[Si](C)(C)C(C)(C)C)CC(O)[C@H]2O1. The van der Waals surface area contributed by atoms with Gasteiger partial charge in [0.1, 0.15) is 6.10 Å². The number of aliphatic hydroxyl groups excluding tert-OH is 1. The van der Waals surface area contributed by atoms with Crippen molar-refractivity contribution in [2.24, 2.45) is 5.92 Å². The molecule has 5 heteroatoms. The molecule has 2 fully saturated rings. The van der Waals surface area contributed by atoms with E-state index >= 15 is 0 Å². The normalized spacial score (nSPS) is 37.2. The molecule has 0 bridgehead atoms. The molecule has 0 aromatic heterocycles. The third-order valence-electron chi connectivity index (χ3n) is 5.02. The summed E-state index contributed by atoms with van der Waals surface area (Å²) in [6, 6.07) is 0. The molecule has 1 saturated heterocycles. The van der Waals surface area contributed by atoms with Crippen LogP contribution in [0.5, 0.6) is 0 Å². The molecule has 1 aliphatic heterocycles. The average Bonchev–Trinajstić information content (AvgIpc) is 2.70. The average molecular weight is 302 g/mol. The van der Waals surface area contributed by atoms with Gasteiger partial charge in [0.15, 0.2) is 14.1 Å². The predicted molar refractivity (Wildman–Crippen MR) is 81.1 cm³/mol. The lowest BCUT2D eigenvalue weighted by molar-refractivity contribution is -0.167. The summed E-state index contributed by atoms with van der Waals surface area (Å²) in [5.41, 5.74) is 0. The van der Waals surface area contributed by atoms with Crippen molar-refractivity contribution >= 4 is 8.32 Å². The molecule has 0 spiro atoms. The molecule has 0 aromatic carbocycles. The van der Waals surface area contributed by atoms with Crippen LogP contribution in [0.3, 0.4) is 0 Å². The Labute approximate surface area is 123 Å². The molecule has 1 unspecified atom stereocenters. The number of rotatable bonds is 3. The zero-order valence-corrected chi connectivity index (χ0v) is 14.9. The highest BCUT2D eigenvalue weighted by molar-refractivity contribution is 6.74. The minimum Gasteiger partial charge on any atom is -0.416 e. The Morgan fingerprint density at radius 2 is 1.75 bits per heavy atom. The largest absolute Gasteiger partial charge is 0.416 e. The summed E-state index contributed by atoms with van der Waals surface area (Å²) in [5.74, 6) is -0.364. The molecule has 2 aliphatic rings. The Kier molecular flexibility index (Phi) is 4.15. The fourth-order valence-corrected chi connectivity index (χ4v) is 3.82. The molecule has 118 valence electrons. The van der Waals surface area contributed by atoms with Gasteiger partial charge in [-0.3, -0.25) is 0 Å². The summed E-state index contributed by atoms with van der Waals surface area (Å²) < 4.78 is 18.1. The number of hydrogen-bond donors (Lipinski definition) is 1. The van der Waals surface area contributed by atoms with Gasteiger partial charge in [-0.1, -0.05) is 20.8 Å². The first kappa shape index (κ1) is 16.4. The van der Waals surface area contributed by atoms with Crippen molar-refractivity contribution in [3.05, 3.63) is 0 Å². The summed E-state index contributed by atoms with van der Waals surface area (Å²) in [7, 11) is -1.75. The Balaban J connectivity index is 1.98. The minimum absolute atomic E-state index is 0.0373. The molecule has 0 aromatic rings. The van der Waals surface area contributed by atoms with E-state index in [-0.39, 0.29) is 23.2 Å². The van der Waals surface area contributed by atoms with Gasteiger partial charge in [-0.25, -0.2) is 0 Å². The lowest BCUT2D eigenvalue weighted by Gasteiger charge is -2.37. The van der Waals surface area contributed by atoms with Crippen molar-refractivity contribution in [2.45, 2.75) is 83.3 Å². The van der Waals surface area contributed by atoms with E-state index in [0.29, 0.717) is 13.0 Å². The van der Waals surface area contributed by atoms with Gasteiger partial charge in [-0.15, -0.1) is 0 Å². The van der Waals surface area contributed by atoms with Crippen molar-refractivity contribution in [1.82, 2.24) is 0 Å². The molecule has 0 radical (unpaired) electrons. The van der Waals surface area contributed by atoms with E-state index in [2.05, 4.69) is 33.9 Å². The Morgan fingerprint density at radius 1 is 1.20 bits per heavy atom. The summed E-state index contributed by atoms with van der Waals surface area (Å²) in [6.07, 6.45) is 0.0395. The van der Waals surface area contributed by atoms with Gasteiger partial charge in [0.2, 0.25) is 0 Å². The summed E-state index contributed by atoms with van der Waals surface area (Å²) in [6.45, 7) is 15.7. The van der Waals surface area contributed by atoms with Crippen LogP contribution < -0.4 is 0 Å². The van der Waals surface area contributed by atoms with Gasteiger partial charge < -0.3 is 19.0 Å². The summed E-state index contributed by atoms with van der Waals surface area (Å²) >= 11 is 0. The first-order valence-corrected chi connectivity index (χ1v) is 10.5. The highest BCUT2D eigenvalue weighted by Crippen LogP contribution is 2.43. The maximum absolute atomic E-state index is 10.1. The van der Waals surface area contributed by atoms with Crippen LogP contribution in [0, 0.1) is 5.92 Å². The van der Waals surface area contributed by atoms with Gasteiger partial charge in [-0.2, -0.15) is 0 Å². The van der Waals surface area contributed by atoms with E-state index in [1.807, 2.05) is 13.8 Å². The first-order chi connectivity index (χ1) is 8.93. The van der Waals surface area contributed by atoms with Crippen LogP contribution in [0.1, 0.15) is 41.0 Å². The van der Waals surface area contributed by atoms with Crippen molar-refractivity contribution in [1.29, 1.82) is 0 Å². The quantitative estimate of drug-likeness (QED) is 0.814. The van der Waals surface area contributed by atoms with Crippen LogP contribution >= 0.6 is 0 Å². The summed E-state index contributed by atoms with van der Waals surface area (Å²) in [5, 5.41) is 10.3. The molecule has 0 amide bonds. The third kappa shape index (κ3) is 3.12. The van der Waals surface area contributed by atoms with E-state index in [1.54, 1.807) is 0 Å². The van der Waals surface area contributed by atoms with Gasteiger partial charge in [0.05, 0.1) is 12.2 Å². The third-order valence-corrected chi connectivity index (χ3v) is 9.52. The smallest absolute Gasteiger partial charge is 0.191 e. The molecular weight excluding hydrogens is 272 g/mol. The van der Waals surface area contributed by atoms with E-state index in [9.17, 15) is 5.11 Å². The van der Waals surface area contributed by atoms with Crippen molar-refractivity contribution in [3.63, 3.8) is 0 Å². The van der Waals surface area contributed by atoms with Gasteiger partial charge in [0.25, 0.3) is 0 Å². The van der Waals surface area contributed by atoms with E-state index in [4.69, 9.17) is 13.9 Å². The van der Waals surface area contributed by atoms with E-state index in [0.717, 1.165) is 0 Å². The molecule has 1 aliphatic carbocycles. The molecule has 4 nitrogen and oxygen atoms in total. The van der Waals surface area contributed by atoms with Crippen molar-refractivity contribution in [2.75, 3.05) is 6.61 Å². The number of hydrogen-bond acceptors (Lipinski definition) is 4.